The number of likely N-dealkylation sites (N-methyl/N-ethyl adjacent to an activating group) is 1. The molecule has 1 aromatic carbocycles. The van der Waals surface area contributed by atoms with E-state index in [9.17, 15) is 9.59 Å². The van der Waals surface area contributed by atoms with Crippen LogP contribution in [0.2, 0.25) is 0 Å². The first-order chi connectivity index (χ1) is 12.5. The summed E-state index contributed by atoms with van der Waals surface area (Å²) in [5.74, 6) is -0.583. The molecule has 0 radical (unpaired) electrons. The lowest BCUT2D eigenvalue weighted by Crippen LogP contribution is -2.45. The second-order valence-electron chi connectivity index (χ2n) is 6.03. The van der Waals surface area contributed by atoms with E-state index in [0.29, 0.717) is 12.1 Å². The van der Waals surface area contributed by atoms with E-state index < -0.39 is 0 Å². The number of nitrogens with one attached hydrogen (secondary N) is 2. The molecule has 26 heavy (non-hydrogen) atoms. The fraction of sp³-hybridized carbons (Fsp3) is 0.368. The van der Waals surface area contributed by atoms with Crippen LogP contribution < -0.4 is 15.8 Å². The Morgan fingerprint density at radius 2 is 1.73 bits per heavy atom. The molecule has 0 fully saturated rings. The Bertz CT molecular complexity index is 697. The highest BCUT2D eigenvalue weighted by Crippen LogP contribution is 2.14. The van der Waals surface area contributed by atoms with Gasteiger partial charge in [-0.05, 0) is 67.6 Å². The number of hydrazine groups is 1. The summed E-state index contributed by atoms with van der Waals surface area (Å²) in [7, 11) is 1.87. The molecular formula is C19H26N4O2S. The second-order valence-corrected chi connectivity index (χ2v) is 6.81. The number of hydrogen-bond acceptors (Lipinski definition) is 5. The van der Waals surface area contributed by atoms with Gasteiger partial charge in [0.1, 0.15) is 0 Å². The maximum Gasteiger partial charge on any atom is 0.269 e. The predicted molar refractivity (Wildman–Crippen MR) is 106 cm³/mol. The Hall–Kier alpha value is -2.38. The van der Waals surface area contributed by atoms with Crippen molar-refractivity contribution in [3.8, 4) is 0 Å². The molecule has 0 saturated heterocycles. The van der Waals surface area contributed by atoms with Crippen molar-refractivity contribution in [2.24, 2.45) is 0 Å². The number of hydrogen-bond donors (Lipinski definition) is 2. The summed E-state index contributed by atoms with van der Waals surface area (Å²) in [5, 5.41) is 4.06. The third-order valence-electron chi connectivity index (χ3n) is 4.02. The van der Waals surface area contributed by atoms with Crippen LogP contribution in [-0.2, 0) is 11.3 Å². The SMILES string of the molecule is CCN(CC)c1ccc(C(=O)NNC(=O)CN(C)Cc2ccsc2)cc1. The molecule has 140 valence electrons. The standard InChI is InChI=1S/C19H26N4O2S/c1-4-23(5-2)17-8-6-16(7-9-17)19(25)21-20-18(24)13-22(3)12-15-10-11-26-14-15/h6-11,14H,4-5,12-13H2,1-3H3,(H,20,24)(H,21,25). The Kier molecular flexibility index (Phi) is 7.62. The number of rotatable bonds is 8. The van der Waals surface area contributed by atoms with E-state index in [1.807, 2.05) is 35.5 Å². The fourth-order valence-corrected chi connectivity index (χ4v) is 3.31. The van der Waals surface area contributed by atoms with Crippen LogP contribution in [0.3, 0.4) is 0 Å². The first-order valence-corrected chi connectivity index (χ1v) is 9.61. The molecule has 2 amide bonds. The van der Waals surface area contributed by atoms with E-state index in [4.69, 9.17) is 0 Å². The van der Waals surface area contributed by atoms with Crippen LogP contribution in [0.15, 0.2) is 41.1 Å². The van der Waals surface area contributed by atoms with Crippen LogP contribution >= 0.6 is 11.3 Å². The monoisotopic (exact) mass is 374 g/mol. The van der Waals surface area contributed by atoms with Crippen molar-refractivity contribution < 1.29 is 9.59 Å². The van der Waals surface area contributed by atoms with Crippen molar-refractivity contribution in [1.29, 1.82) is 0 Å². The lowest BCUT2D eigenvalue weighted by molar-refractivity contribution is -0.122. The zero-order valence-electron chi connectivity index (χ0n) is 15.5. The molecule has 0 aliphatic carbocycles. The molecule has 1 aromatic heterocycles. The van der Waals surface area contributed by atoms with Gasteiger partial charge in [0.15, 0.2) is 0 Å². The van der Waals surface area contributed by atoms with Crippen LogP contribution in [0.4, 0.5) is 5.69 Å². The molecule has 2 rings (SSSR count). The molecular weight excluding hydrogens is 348 g/mol. The van der Waals surface area contributed by atoms with Crippen molar-refractivity contribution in [2.75, 3.05) is 31.6 Å². The molecule has 0 saturated carbocycles. The molecule has 7 heteroatoms. The van der Waals surface area contributed by atoms with Crippen molar-refractivity contribution in [1.82, 2.24) is 15.8 Å². The smallest absolute Gasteiger partial charge is 0.269 e. The van der Waals surface area contributed by atoms with Crippen LogP contribution in [0.25, 0.3) is 0 Å². The van der Waals surface area contributed by atoms with Gasteiger partial charge in [0.05, 0.1) is 6.54 Å². The number of carbonyl (C=O) groups is 2. The number of amides is 2. The Balaban J connectivity index is 1.79. The summed E-state index contributed by atoms with van der Waals surface area (Å²) in [5.41, 5.74) is 7.68. The second kappa shape index (κ2) is 9.94. The van der Waals surface area contributed by atoms with E-state index in [-0.39, 0.29) is 18.4 Å². The summed E-state index contributed by atoms with van der Waals surface area (Å²) in [6.45, 7) is 6.91. The first-order valence-electron chi connectivity index (χ1n) is 8.67. The molecule has 0 spiro atoms. The van der Waals surface area contributed by atoms with Crippen molar-refractivity contribution in [3.63, 3.8) is 0 Å². The van der Waals surface area contributed by atoms with Crippen molar-refractivity contribution >= 4 is 28.8 Å². The van der Waals surface area contributed by atoms with Gasteiger partial charge in [-0.15, -0.1) is 0 Å². The summed E-state index contributed by atoms with van der Waals surface area (Å²) in [4.78, 5) is 28.2. The molecule has 0 unspecified atom stereocenters. The lowest BCUT2D eigenvalue weighted by atomic mass is 10.2. The highest BCUT2D eigenvalue weighted by Gasteiger charge is 2.11. The summed E-state index contributed by atoms with van der Waals surface area (Å²) in [6.07, 6.45) is 0. The summed E-state index contributed by atoms with van der Waals surface area (Å²) < 4.78 is 0. The number of carbonyl (C=O) groups excluding carboxylic acids is 2. The minimum atomic E-state index is -0.329. The van der Waals surface area contributed by atoms with Gasteiger partial charge in [0.2, 0.25) is 0 Å². The van der Waals surface area contributed by atoms with Crippen molar-refractivity contribution in [2.45, 2.75) is 20.4 Å². The minimum Gasteiger partial charge on any atom is -0.372 e. The molecule has 0 aliphatic heterocycles. The van der Waals surface area contributed by atoms with Gasteiger partial charge in [0, 0.05) is 30.9 Å². The first kappa shape index (κ1) is 19.9. The zero-order valence-corrected chi connectivity index (χ0v) is 16.3. The maximum absolute atomic E-state index is 12.2. The Labute approximate surface area is 158 Å². The van der Waals surface area contributed by atoms with E-state index in [1.54, 1.807) is 23.5 Å². The fourth-order valence-electron chi connectivity index (χ4n) is 2.65. The normalized spacial score (nSPS) is 10.6. The van der Waals surface area contributed by atoms with E-state index >= 15 is 0 Å². The highest BCUT2D eigenvalue weighted by molar-refractivity contribution is 7.07. The van der Waals surface area contributed by atoms with Crippen LogP contribution in [0, 0.1) is 0 Å². The maximum atomic E-state index is 12.2. The van der Waals surface area contributed by atoms with Gasteiger partial charge >= 0.3 is 0 Å². The summed E-state index contributed by atoms with van der Waals surface area (Å²) >= 11 is 1.63. The molecule has 0 aliphatic rings. The number of nitrogens with zero attached hydrogens (tertiary/aromatic N) is 2. The quantitative estimate of drug-likeness (QED) is 0.697. The molecule has 2 N–H and O–H groups in total. The lowest BCUT2D eigenvalue weighted by Gasteiger charge is -2.21. The molecule has 0 bridgehead atoms. The number of anilines is 1. The number of benzene rings is 1. The Morgan fingerprint density at radius 1 is 1.04 bits per heavy atom. The Morgan fingerprint density at radius 3 is 2.31 bits per heavy atom. The van der Waals surface area contributed by atoms with Crippen molar-refractivity contribution in [3.05, 3.63) is 52.2 Å². The van der Waals surface area contributed by atoms with Gasteiger partial charge in [0.25, 0.3) is 11.8 Å². The third kappa shape index (κ3) is 5.86. The van der Waals surface area contributed by atoms with E-state index in [2.05, 4.69) is 35.0 Å². The third-order valence-corrected chi connectivity index (χ3v) is 4.75. The molecule has 1 heterocycles. The van der Waals surface area contributed by atoms with Gasteiger partial charge in [-0.3, -0.25) is 25.3 Å². The van der Waals surface area contributed by atoms with Gasteiger partial charge < -0.3 is 4.90 Å². The largest absolute Gasteiger partial charge is 0.372 e. The average Bonchev–Trinajstić information content (AvgIpc) is 3.14. The molecule has 0 atom stereocenters. The van der Waals surface area contributed by atoms with E-state index in [1.165, 1.54) is 5.56 Å². The molecule has 2 aromatic rings. The van der Waals surface area contributed by atoms with Crippen LogP contribution in [0.5, 0.6) is 0 Å². The average molecular weight is 375 g/mol. The number of thiophene rings is 1. The predicted octanol–water partition coefficient (Wildman–Crippen LogP) is 2.49. The van der Waals surface area contributed by atoms with Gasteiger partial charge in [-0.25, -0.2) is 0 Å². The highest BCUT2D eigenvalue weighted by atomic mass is 32.1. The topological polar surface area (TPSA) is 64.7 Å². The van der Waals surface area contributed by atoms with E-state index in [0.717, 1.165) is 18.8 Å². The van der Waals surface area contributed by atoms with Crippen LogP contribution in [-0.4, -0.2) is 43.4 Å². The minimum absolute atomic E-state index is 0.205. The van der Waals surface area contributed by atoms with Gasteiger partial charge in [-0.1, -0.05) is 0 Å². The summed E-state index contributed by atoms with van der Waals surface area (Å²) in [6, 6.07) is 9.38. The zero-order chi connectivity index (χ0) is 18.9. The molecule has 6 nitrogen and oxygen atoms in total. The van der Waals surface area contributed by atoms with Gasteiger partial charge in [-0.2, -0.15) is 11.3 Å². The van der Waals surface area contributed by atoms with Crippen LogP contribution in [0.1, 0.15) is 29.8 Å².